The quantitative estimate of drug-likeness (QED) is 0.781. The van der Waals surface area contributed by atoms with Gasteiger partial charge in [-0.1, -0.05) is 17.7 Å². The Morgan fingerprint density at radius 3 is 3.05 bits per heavy atom. The normalized spacial score (nSPS) is 14.6. The molecule has 0 aliphatic carbocycles. The van der Waals surface area contributed by atoms with Gasteiger partial charge in [0.2, 0.25) is 0 Å². The van der Waals surface area contributed by atoms with Crippen LogP contribution in [0.15, 0.2) is 42.6 Å². The number of pyridine rings is 1. The molecule has 3 heterocycles. The lowest BCUT2D eigenvalue weighted by Crippen LogP contribution is -2.24. The lowest BCUT2D eigenvalue weighted by atomic mass is 10.0. The topological polar surface area (TPSA) is 29.9 Å². The van der Waals surface area contributed by atoms with Gasteiger partial charge in [0.15, 0.2) is 0 Å². The van der Waals surface area contributed by atoms with Crippen LogP contribution < -0.4 is 5.32 Å². The van der Waals surface area contributed by atoms with Crippen LogP contribution in [0, 0.1) is 6.92 Å². The molecule has 0 radical (unpaired) electrons. The van der Waals surface area contributed by atoms with E-state index in [1.807, 2.05) is 24.4 Å². The van der Waals surface area contributed by atoms with E-state index < -0.39 is 0 Å². The number of fused-ring (bicyclic) bond motifs is 3. The molecule has 0 bridgehead atoms. The number of hydrogen-bond acceptors (Lipinski definition) is 2. The average molecular weight is 289 g/mol. The van der Waals surface area contributed by atoms with Crippen LogP contribution in [0.1, 0.15) is 22.5 Å². The monoisotopic (exact) mass is 289 g/mol. The lowest BCUT2D eigenvalue weighted by Gasteiger charge is -2.15. The van der Waals surface area contributed by atoms with Crippen molar-refractivity contribution in [2.75, 3.05) is 6.54 Å². The van der Waals surface area contributed by atoms with Crippen molar-refractivity contribution in [3.05, 3.63) is 65.1 Å². The van der Waals surface area contributed by atoms with Gasteiger partial charge in [0.25, 0.3) is 0 Å². The second-order valence-electron chi connectivity index (χ2n) is 5.81. The first-order valence-corrected chi connectivity index (χ1v) is 7.75. The zero-order valence-electron chi connectivity index (χ0n) is 12.7. The summed E-state index contributed by atoms with van der Waals surface area (Å²) in [5.41, 5.74) is 6.44. The van der Waals surface area contributed by atoms with Crippen LogP contribution in [-0.2, 0) is 13.0 Å². The molecule has 1 aliphatic rings. The maximum Gasteiger partial charge on any atom is 0.0644 e. The highest BCUT2D eigenvalue weighted by Crippen LogP contribution is 2.29. The molecule has 0 fully saturated rings. The van der Waals surface area contributed by atoms with Gasteiger partial charge in [-0.2, -0.15) is 0 Å². The minimum absolute atomic E-state index is 0.958. The highest BCUT2D eigenvalue weighted by molar-refractivity contribution is 5.89. The molecule has 1 N–H and O–H groups in total. The minimum atomic E-state index is 0.958. The van der Waals surface area contributed by atoms with Gasteiger partial charge in [-0.15, -0.1) is 0 Å². The first-order chi connectivity index (χ1) is 10.8. The summed E-state index contributed by atoms with van der Waals surface area (Å²) in [4.78, 5) is 4.37. The highest BCUT2D eigenvalue weighted by atomic mass is 15.0. The van der Waals surface area contributed by atoms with Gasteiger partial charge in [-0.05, 0) is 42.8 Å². The molecule has 1 aliphatic heterocycles. The van der Waals surface area contributed by atoms with E-state index >= 15 is 0 Å². The van der Waals surface area contributed by atoms with Gasteiger partial charge in [-0.3, -0.25) is 4.98 Å². The molecule has 1 aromatic carbocycles. The average Bonchev–Trinajstić information content (AvgIpc) is 2.87. The maximum atomic E-state index is 4.37. The first-order valence-electron chi connectivity index (χ1n) is 7.75. The van der Waals surface area contributed by atoms with E-state index in [1.54, 1.807) is 0 Å². The molecule has 0 atom stereocenters. The predicted octanol–water partition coefficient (Wildman–Crippen LogP) is 3.62. The van der Waals surface area contributed by atoms with E-state index in [0.29, 0.717) is 0 Å². The van der Waals surface area contributed by atoms with Crippen molar-refractivity contribution < 1.29 is 0 Å². The summed E-state index contributed by atoms with van der Waals surface area (Å²) in [7, 11) is 0. The standard InChI is InChI=1S/C19H19N3/c1-14-5-6-18-16(12-14)17-13-20-10-7-19(17)22(18)11-8-15-4-2-3-9-21-15/h2-6,8-9,11-12,20H,7,10,13H2,1H3/b11-8+. The number of aryl methyl sites for hydroxylation is 1. The SMILES string of the molecule is Cc1ccc2c(c1)c1c(n2/C=C/c2ccccn2)CCNC1. The molecule has 2 aromatic heterocycles. The first kappa shape index (κ1) is 13.3. The Labute approximate surface area is 130 Å². The van der Waals surface area contributed by atoms with E-state index in [9.17, 15) is 0 Å². The van der Waals surface area contributed by atoms with E-state index in [2.05, 4.69) is 52.3 Å². The second kappa shape index (κ2) is 5.43. The van der Waals surface area contributed by atoms with Gasteiger partial charge in [0.05, 0.1) is 11.2 Å². The number of nitrogens with zero attached hydrogens (tertiary/aromatic N) is 2. The molecule has 4 rings (SSSR count). The van der Waals surface area contributed by atoms with E-state index in [-0.39, 0.29) is 0 Å². The van der Waals surface area contributed by atoms with Crippen molar-refractivity contribution in [2.45, 2.75) is 19.9 Å². The largest absolute Gasteiger partial charge is 0.320 e. The number of hydrogen-bond donors (Lipinski definition) is 1. The Morgan fingerprint density at radius 1 is 1.23 bits per heavy atom. The second-order valence-corrected chi connectivity index (χ2v) is 5.81. The molecule has 3 heteroatoms. The summed E-state index contributed by atoms with van der Waals surface area (Å²) in [6, 6.07) is 12.7. The summed E-state index contributed by atoms with van der Waals surface area (Å²) >= 11 is 0. The van der Waals surface area contributed by atoms with Crippen LogP contribution >= 0.6 is 0 Å². The third kappa shape index (κ3) is 2.24. The van der Waals surface area contributed by atoms with E-state index in [1.165, 1.54) is 27.7 Å². The Hall–Kier alpha value is -2.39. The van der Waals surface area contributed by atoms with E-state index in [0.717, 1.165) is 25.2 Å². The highest BCUT2D eigenvalue weighted by Gasteiger charge is 2.18. The van der Waals surface area contributed by atoms with Crippen LogP contribution in [0.5, 0.6) is 0 Å². The van der Waals surface area contributed by atoms with Crippen molar-refractivity contribution in [1.82, 2.24) is 14.9 Å². The van der Waals surface area contributed by atoms with Crippen molar-refractivity contribution >= 4 is 23.2 Å². The number of benzene rings is 1. The van der Waals surface area contributed by atoms with Gasteiger partial charge >= 0.3 is 0 Å². The smallest absolute Gasteiger partial charge is 0.0644 e. The minimum Gasteiger partial charge on any atom is -0.320 e. The number of nitrogens with one attached hydrogen (secondary N) is 1. The van der Waals surface area contributed by atoms with Crippen LogP contribution in [0.25, 0.3) is 23.2 Å². The van der Waals surface area contributed by atoms with Gasteiger partial charge in [0.1, 0.15) is 0 Å². The summed E-state index contributed by atoms with van der Waals surface area (Å²) in [5.74, 6) is 0. The van der Waals surface area contributed by atoms with Gasteiger partial charge in [-0.25, -0.2) is 0 Å². The fourth-order valence-electron chi connectivity index (χ4n) is 3.23. The van der Waals surface area contributed by atoms with Crippen LogP contribution in [0.2, 0.25) is 0 Å². The summed E-state index contributed by atoms with van der Waals surface area (Å²) in [6.07, 6.45) is 7.14. The molecule has 0 amide bonds. The Morgan fingerprint density at radius 2 is 2.18 bits per heavy atom. The number of aromatic nitrogens is 2. The molecule has 0 saturated heterocycles. The third-order valence-electron chi connectivity index (χ3n) is 4.30. The Balaban J connectivity index is 1.88. The van der Waals surface area contributed by atoms with Crippen molar-refractivity contribution in [2.24, 2.45) is 0 Å². The third-order valence-corrected chi connectivity index (χ3v) is 4.30. The van der Waals surface area contributed by atoms with Gasteiger partial charge in [0, 0.05) is 43.0 Å². The molecular weight excluding hydrogens is 270 g/mol. The van der Waals surface area contributed by atoms with Crippen LogP contribution in [0.3, 0.4) is 0 Å². The zero-order chi connectivity index (χ0) is 14.9. The molecule has 3 aromatic rings. The summed E-state index contributed by atoms with van der Waals surface area (Å²) in [6.45, 7) is 4.16. The van der Waals surface area contributed by atoms with Crippen LogP contribution in [-0.4, -0.2) is 16.1 Å². The molecule has 22 heavy (non-hydrogen) atoms. The summed E-state index contributed by atoms with van der Waals surface area (Å²) in [5, 5.41) is 4.86. The lowest BCUT2D eigenvalue weighted by molar-refractivity contribution is 0.634. The predicted molar refractivity (Wildman–Crippen MR) is 91.5 cm³/mol. The van der Waals surface area contributed by atoms with Crippen molar-refractivity contribution in [3.8, 4) is 0 Å². The molecule has 3 nitrogen and oxygen atoms in total. The summed E-state index contributed by atoms with van der Waals surface area (Å²) < 4.78 is 2.33. The van der Waals surface area contributed by atoms with Crippen LogP contribution in [0.4, 0.5) is 0 Å². The van der Waals surface area contributed by atoms with Crippen molar-refractivity contribution in [3.63, 3.8) is 0 Å². The molecule has 0 unspecified atom stereocenters. The molecule has 110 valence electrons. The Bertz CT molecular complexity index is 844. The van der Waals surface area contributed by atoms with E-state index in [4.69, 9.17) is 0 Å². The van der Waals surface area contributed by atoms with Gasteiger partial charge < -0.3 is 9.88 Å². The molecule has 0 saturated carbocycles. The zero-order valence-corrected chi connectivity index (χ0v) is 12.7. The maximum absolute atomic E-state index is 4.37. The molecule has 0 spiro atoms. The molecular formula is C19H19N3. The van der Waals surface area contributed by atoms with Crippen molar-refractivity contribution in [1.29, 1.82) is 0 Å². The number of rotatable bonds is 2. The fourth-order valence-corrected chi connectivity index (χ4v) is 3.23. The Kier molecular flexibility index (Phi) is 3.28. The fraction of sp³-hybridized carbons (Fsp3) is 0.211.